The van der Waals surface area contributed by atoms with Crippen molar-refractivity contribution in [2.45, 2.75) is 36.0 Å². The van der Waals surface area contributed by atoms with Gasteiger partial charge >= 0.3 is 0 Å². The van der Waals surface area contributed by atoms with E-state index in [1.165, 1.54) is 11.1 Å². The maximum atomic E-state index is 10.2. The van der Waals surface area contributed by atoms with Crippen LogP contribution in [-0.2, 0) is 22.8 Å². The Labute approximate surface area is 195 Å². The second kappa shape index (κ2) is 13.0. The Morgan fingerprint density at radius 3 is 1.65 bits per heavy atom. The van der Waals surface area contributed by atoms with Crippen LogP contribution >= 0.6 is 23.5 Å². The molecule has 0 fully saturated rings. The van der Waals surface area contributed by atoms with Crippen molar-refractivity contribution in [2.24, 2.45) is 5.41 Å². The fourth-order valence-electron chi connectivity index (χ4n) is 3.25. The number of benzene rings is 3. The van der Waals surface area contributed by atoms with Crippen LogP contribution < -0.4 is 0 Å². The van der Waals surface area contributed by atoms with Gasteiger partial charge in [-0.05, 0) is 23.1 Å². The van der Waals surface area contributed by atoms with Gasteiger partial charge in [0, 0.05) is 16.9 Å². The number of rotatable bonds is 13. The summed E-state index contributed by atoms with van der Waals surface area (Å²) >= 11 is 3.92. The van der Waals surface area contributed by atoms with Crippen LogP contribution in [-0.4, -0.2) is 22.9 Å². The predicted molar refractivity (Wildman–Crippen MR) is 135 cm³/mol. The molecule has 0 aliphatic rings. The molecule has 3 aromatic rings. The van der Waals surface area contributed by atoms with Gasteiger partial charge in [0.05, 0.1) is 24.4 Å². The van der Waals surface area contributed by atoms with E-state index >= 15 is 0 Å². The smallest absolute Gasteiger partial charge is 0.0717 e. The monoisotopic (exact) mass is 452 g/mol. The minimum Gasteiger partial charge on any atom is -0.396 e. The van der Waals surface area contributed by atoms with Crippen LogP contribution in [0.25, 0.3) is 0 Å². The quantitative estimate of drug-likeness (QED) is 0.289. The number of thioether (sulfide) groups is 2. The van der Waals surface area contributed by atoms with Crippen molar-refractivity contribution < 1.29 is 9.84 Å². The average Bonchev–Trinajstić information content (AvgIpc) is 2.83. The molecule has 0 heterocycles. The largest absolute Gasteiger partial charge is 0.396 e. The Bertz CT molecular complexity index is 815. The molecule has 0 bridgehead atoms. The highest BCUT2D eigenvalue weighted by Gasteiger charge is 2.29. The van der Waals surface area contributed by atoms with E-state index in [0.717, 1.165) is 23.5 Å². The SMILES string of the molecule is C[C@@](CO)(COCc1ccccc1)CC(SCc1ccccc1)SCc1ccccc1. The first kappa shape index (κ1) is 23.9. The second-order valence-electron chi connectivity index (χ2n) is 8.17. The topological polar surface area (TPSA) is 29.5 Å². The van der Waals surface area contributed by atoms with E-state index in [2.05, 4.69) is 79.7 Å². The third-order valence-electron chi connectivity index (χ3n) is 5.16. The van der Waals surface area contributed by atoms with Crippen LogP contribution in [0.2, 0.25) is 0 Å². The Morgan fingerprint density at radius 1 is 0.742 bits per heavy atom. The maximum Gasteiger partial charge on any atom is 0.0717 e. The number of aliphatic hydroxyl groups excluding tert-OH is 1. The summed E-state index contributed by atoms with van der Waals surface area (Å²) in [4.78, 5) is 0. The molecule has 4 heteroatoms. The lowest BCUT2D eigenvalue weighted by Crippen LogP contribution is -2.30. The first-order valence-electron chi connectivity index (χ1n) is 10.7. The summed E-state index contributed by atoms with van der Waals surface area (Å²) in [6, 6.07) is 31.4. The summed E-state index contributed by atoms with van der Waals surface area (Å²) in [6.07, 6.45) is 0.896. The van der Waals surface area contributed by atoms with Crippen molar-refractivity contribution in [1.82, 2.24) is 0 Å². The van der Waals surface area contributed by atoms with Gasteiger partial charge < -0.3 is 9.84 Å². The van der Waals surface area contributed by atoms with Crippen molar-refractivity contribution in [2.75, 3.05) is 13.2 Å². The summed E-state index contributed by atoms with van der Waals surface area (Å²) in [5.41, 5.74) is 3.57. The summed E-state index contributed by atoms with van der Waals surface area (Å²) < 4.78 is 6.40. The van der Waals surface area contributed by atoms with Crippen molar-refractivity contribution in [3.8, 4) is 0 Å². The summed E-state index contributed by atoms with van der Waals surface area (Å²) in [5, 5.41) is 10.2. The zero-order valence-corrected chi connectivity index (χ0v) is 19.8. The van der Waals surface area contributed by atoms with E-state index in [-0.39, 0.29) is 12.0 Å². The van der Waals surface area contributed by atoms with Crippen LogP contribution in [0, 0.1) is 5.41 Å². The lowest BCUT2D eigenvalue weighted by Gasteiger charge is -2.31. The van der Waals surface area contributed by atoms with Gasteiger partial charge in [-0.25, -0.2) is 0 Å². The van der Waals surface area contributed by atoms with Crippen LogP contribution in [0.1, 0.15) is 30.0 Å². The van der Waals surface area contributed by atoms with Gasteiger partial charge in [0.15, 0.2) is 0 Å². The van der Waals surface area contributed by atoms with Crippen molar-refractivity contribution in [1.29, 1.82) is 0 Å². The van der Waals surface area contributed by atoms with Crippen molar-refractivity contribution in [3.63, 3.8) is 0 Å². The van der Waals surface area contributed by atoms with Crippen molar-refractivity contribution >= 4 is 23.5 Å². The highest BCUT2D eigenvalue weighted by molar-refractivity contribution is 8.16. The van der Waals surface area contributed by atoms with E-state index in [1.54, 1.807) is 0 Å². The summed E-state index contributed by atoms with van der Waals surface area (Å²) in [7, 11) is 0. The molecule has 1 atom stereocenters. The minimum absolute atomic E-state index is 0.121. The van der Waals surface area contributed by atoms with E-state index in [9.17, 15) is 5.11 Å². The summed E-state index contributed by atoms with van der Waals surface area (Å²) in [6.45, 7) is 3.38. The van der Waals surface area contributed by atoms with E-state index < -0.39 is 0 Å². The number of hydrogen-bond donors (Lipinski definition) is 1. The van der Waals surface area contributed by atoms with E-state index in [0.29, 0.717) is 17.8 Å². The molecule has 0 unspecified atom stereocenters. The molecule has 164 valence electrons. The first-order chi connectivity index (χ1) is 15.2. The standard InChI is InChI=1S/C27H32O2S2/c1-27(21-28,22-29-18-23-11-5-2-6-12-23)17-26(30-19-24-13-7-3-8-14-24)31-20-25-15-9-4-10-16-25/h2-16,26,28H,17-22H2,1H3/t27-/m1/s1. The molecule has 0 aliphatic heterocycles. The molecule has 31 heavy (non-hydrogen) atoms. The molecule has 0 spiro atoms. The highest BCUT2D eigenvalue weighted by Crippen LogP contribution is 2.38. The minimum atomic E-state index is -0.271. The normalized spacial score (nSPS) is 13.3. The zero-order valence-electron chi connectivity index (χ0n) is 18.2. The summed E-state index contributed by atoms with van der Waals surface area (Å²) in [5.74, 6) is 1.94. The van der Waals surface area contributed by atoms with Gasteiger partial charge in [-0.15, -0.1) is 23.5 Å². The van der Waals surface area contributed by atoms with Gasteiger partial charge in [0.25, 0.3) is 0 Å². The third kappa shape index (κ3) is 8.74. The number of hydrogen-bond acceptors (Lipinski definition) is 4. The van der Waals surface area contributed by atoms with Crippen LogP contribution in [0.3, 0.4) is 0 Å². The van der Waals surface area contributed by atoms with Gasteiger partial charge in [-0.1, -0.05) is 97.9 Å². The molecule has 3 aromatic carbocycles. The molecular weight excluding hydrogens is 420 g/mol. The van der Waals surface area contributed by atoms with E-state index in [1.807, 2.05) is 41.7 Å². The van der Waals surface area contributed by atoms with Crippen LogP contribution in [0.4, 0.5) is 0 Å². The Balaban J connectivity index is 1.59. The van der Waals surface area contributed by atoms with Crippen LogP contribution in [0.5, 0.6) is 0 Å². The molecule has 0 radical (unpaired) electrons. The van der Waals surface area contributed by atoms with Gasteiger partial charge in [-0.2, -0.15) is 0 Å². The Kier molecular flexibility index (Phi) is 10.0. The highest BCUT2D eigenvalue weighted by atomic mass is 32.2. The van der Waals surface area contributed by atoms with Gasteiger partial charge in [0.1, 0.15) is 0 Å². The molecule has 1 N–H and O–H groups in total. The van der Waals surface area contributed by atoms with Gasteiger partial charge in [-0.3, -0.25) is 0 Å². The lowest BCUT2D eigenvalue weighted by molar-refractivity contribution is 0.00692. The third-order valence-corrected chi connectivity index (χ3v) is 8.05. The molecule has 0 saturated carbocycles. The second-order valence-corrected chi connectivity index (χ2v) is 10.9. The molecule has 2 nitrogen and oxygen atoms in total. The lowest BCUT2D eigenvalue weighted by atomic mass is 9.89. The van der Waals surface area contributed by atoms with Crippen LogP contribution in [0.15, 0.2) is 91.0 Å². The van der Waals surface area contributed by atoms with E-state index in [4.69, 9.17) is 4.74 Å². The fraction of sp³-hybridized carbons (Fsp3) is 0.333. The fourth-order valence-corrected chi connectivity index (χ4v) is 6.23. The average molecular weight is 453 g/mol. The molecule has 0 amide bonds. The van der Waals surface area contributed by atoms with Crippen molar-refractivity contribution in [3.05, 3.63) is 108 Å². The zero-order chi connectivity index (χ0) is 21.8. The maximum absolute atomic E-state index is 10.2. The Morgan fingerprint density at radius 2 is 1.19 bits per heavy atom. The molecule has 0 aromatic heterocycles. The number of ether oxygens (including phenoxy) is 1. The molecular formula is C27H32O2S2. The first-order valence-corrected chi connectivity index (χ1v) is 12.8. The molecule has 0 saturated heterocycles. The predicted octanol–water partition coefficient (Wildman–Crippen LogP) is 6.78. The molecule has 0 aliphatic carbocycles. The Hall–Kier alpha value is -1.72. The van der Waals surface area contributed by atoms with Gasteiger partial charge in [0.2, 0.25) is 0 Å². The molecule has 3 rings (SSSR count). The number of aliphatic hydroxyl groups is 1.